The van der Waals surface area contributed by atoms with Crippen molar-refractivity contribution in [1.82, 2.24) is 4.90 Å². The maximum atomic E-state index is 12.0. The molecule has 1 aromatic rings. The van der Waals surface area contributed by atoms with Gasteiger partial charge in [0.1, 0.15) is 6.04 Å². The standard InChI is InChI=1S/C15H22N2O6.ClH/c1-9(15(19)20)17(2)8-13(18)16-10-6-11(21-3)14(23-5)12(7-10)22-4;/h6-7,9H,8H2,1-5H3,(H,16,18)(H,19,20);1H. The van der Waals surface area contributed by atoms with Crippen LogP contribution in [0.3, 0.4) is 0 Å². The largest absolute Gasteiger partial charge is 0.493 e. The normalized spacial score (nSPS) is 11.2. The number of carbonyl (C=O) groups is 2. The second-order valence-corrected chi connectivity index (χ2v) is 4.89. The van der Waals surface area contributed by atoms with E-state index in [0.29, 0.717) is 22.9 Å². The summed E-state index contributed by atoms with van der Waals surface area (Å²) in [4.78, 5) is 24.4. The van der Waals surface area contributed by atoms with Gasteiger partial charge >= 0.3 is 5.97 Å². The van der Waals surface area contributed by atoms with Gasteiger partial charge in [0.25, 0.3) is 0 Å². The van der Waals surface area contributed by atoms with Crippen LogP contribution in [0.15, 0.2) is 12.1 Å². The lowest BCUT2D eigenvalue weighted by atomic mass is 10.2. The van der Waals surface area contributed by atoms with Gasteiger partial charge < -0.3 is 24.6 Å². The van der Waals surface area contributed by atoms with E-state index in [0.717, 1.165) is 0 Å². The zero-order chi connectivity index (χ0) is 17.6. The maximum absolute atomic E-state index is 12.0. The van der Waals surface area contributed by atoms with Crippen molar-refractivity contribution in [2.24, 2.45) is 0 Å². The molecule has 0 aliphatic carbocycles. The molecule has 0 aliphatic rings. The number of nitrogens with zero attached hydrogens (tertiary/aromatic N) is 1. The van der Waals surface area contributed by atoms with Crippen LogP contribution in [0.25, 0.3) is 0 Å². The number of carboxylic acid groups (broad SMARTS) is 1. The molecule has 0 aliphatic heterocycles. The second kappa shape index (κ2) is 9.84. The molecule has 0 spiro atoms. The van der Waals surface area contributed by atoms with Crippen LogP contribution in [0.4, 0.5) is 5.69 Å². The maximum Gasteiger partial charge on any atom is 0.320 e. The van der Waals surface area contributed by atoms with E-state index in [9.17, 15) is 9.59 Å². The SMILES string of the molecule is COc1cc(NC(=O)CN(C)C(C)C(=O)O)cc(OC)c1OC.Cl. The first-order valence-corrected chi connectivity index (χ1v) is 6.86. The van der Waals surface area contributed by atoms with Crippen LogP contribution >= 0.6 is 12.4 Å². The Morgan fingerprint density at radius 2 is 1.67 bits per heavy atom. The topological polar surface area (TPSA) is 97.3 Å². The highest BCUT2D eigenvalue weighted by molar-refractivity contribution is 5.93. The summed E-state index contributed by atoms with van der Waals surface area (Å²) in [5.74, 6) is -0.101. The molecule has 0 saturated carbocycles. The minimum atomic E-state index is -0.993. The first kappa shape index (κ1) is 21.8. The summed E-state index contributed by atoms with van der Waals surface area (Å²) in [6, 6.07) is 2.43. The summed E-state index contributed by atoms with van der Waals surface area (Å²) in [5.41, 5.74) is 0.459. The third-order valence-electron chi connectivity index (χ3n) is 3.36. The number of benzene rings is 1. The monoisotopic (exact) mass is 362 g/mol. The fraction of sp³-hybridized carbons (Fsp3) is 0.467. The lowest BCUT2D eigenvalue weighted by Crippen LogP contribution is -2.40. The number of likely N-dealkylation sites (N-methyl/N-ethyl adjacent to an activating group) is 1. The molecule has 0 aromatic heterocycles. The minimum absolute atomic E-state index is 0. The molecule has 1 rings (SSSR count). The molecular weight excluding hydrogens is 340 g/mol. The number of nitrogens with one attached hydrogen (secondary N) is 1. The number of hydrogen-bond donors (Lipinski definition) is 2. The fourth-order valence-electron chi connectivity index (χ4n) is 1.91. The van der Waals surface area contributed by atoms with E-state index in [4.69, 9.17) is 19.3 Å². The smallest absolute Gasteiger partial charge is 0.320 e. The number of ether oxygens (including phenoxy) is 3. The Morgan fingerprint density at radius 1 is 1.17 bits per heavy atom. The molecule has 0 saturated heterocycles. The average molecular weight is 363 g/mol. The number of anilines is 1. The molecule has 0 bridgehead atoms. The highest BCUT2D eigenvalue weighted by Gasteiger charge is 2.20. The molecular formula is C15H23ClN2O6. The second-order valence-electron chi connectivity index (χ2n) is 4.89. The Kier molecular flexibility index (Phi) is 8.94. The molecule has 0 radical (unpaired) electrons. The van der Waals surface area contributed by atoms with Gasteiger partial charge in [-0.25, -0.2) is 0 Å². The molecule has 1 amide bonds. The highest BCUT2D eigenvalue weighted by Crippen LogP contribution is 2.39. The van der Waals surface area contributed by atoms with Crippen molar-refractivity contribution in [3.05, 3.63) is 12.1 Å². The van der Waals surface area contributed by atoms with Gasteiger partial charge in [0.05, 0.1) is 27.9 Å². The van der Waals surface area contributed by atoms with Crippen LogP contribution in [0.1, 0.15) is 6.92 Å². The number of rotatable bonds is 8. The Balaban J connectivity index is 0.00000529. The first-order chi connectivity index (χ1) is 10.8. The summed E-state index contributed by atoms with van der Waals surface area (Å²) >= 11 is 0. The van der Waals surface area contributed by atoms with Crippen LogP contribution in [-0.2, 0) is 9.59 Å². The lowest BCUT2D eigenvalue weighted by molar-refractivity contribution is -0.142. The van der Waals surface area contributed by atoms with Gasteiger partial charge in [0.15, 0.2) is 11.5 Å². The van der Waals surface area contributed by atoms with Crippen LogP contribution in [0.2, 0.25) is 0 Å². The summed E-state index contributed by atoms with van der Waals surface area (Å²) in [6.45, 7) is 1.44. The number of carboxylic acids is 1. The zero-order valence-electron chi connectivity index (χ0n) is 14.3. The van der Waals surface area contributed by atoms with E-state index in [1.165, 1.54) is 33.2 Å². The number of methoxy groups -OCH3 is 3. The molecule has 2 N–H and O–H groups in total. The van der Waals surface area contributed by atoms with E-state index in [2.05, 4.69) is 5.32 Å². The van der Waals surface area contributed by atoms with E-state index in [-0.39, 0.29) is 24.9 Å². The van der Waals surface area contributed by atoms with Gasteiger partial charge in [-0.15, -0.1) is 12.4 Å². The molecule has 136 valence electrons. The third-order valence-corrected chi connectivity index (χ3v) is 3.36. The summed E-state index contributed by atoms with van der Waals surface area (Å²) in [6.07, 6.45) is 0. The van der Waals surface area contributed by atoms with Gasteiger partial charge in [0.2, 0.25) is 11.7 Å². The van der Waals surface area contributed by atoms with E-state index < -0.39 is 12.0 Å². The number of hydrogen-bond acceptors (Lipinski definition) is 6. The van der Waals surface area contributed by atoms with Crippen molar-refractivity contribution in [2.45, 2.75) is 13.0 Å². The van der Waals surface area contributed by atoms with Gasteiger partial charge in [-0.2, -0.15) is 0 Å². The molecule has 1 aromatic carbocycles. The van der Waals surface area contributed by atoms with Crippen LogP contribution < -0.4 is 19.5 Å². The van der Waals surface area contributed by atoms with E-state index in [1.807, 2.05) is 0 Å². The molecule has 0 fully saturated rings. The summed E-state index contributed by atoms with van der Waals surface area (Å²) in [5, 5.41) is 11.6. The zero-order valence-corrected chi connectivity index (χ0v) is 15.1. The van der Waals surface area contributed by atoms with Crippen molar-refractivity contribution < 1.29 is 28.9 Å². The molecule has 1 atom stereocenters. The summed E-state index contributed by atoms with van der Waals surface area (Å²) < 4.78 is 15.6. The van der Waals surface area contributed by atoms with Crippen molar-refractivity contribution in [1.29, 1.82) is 0 Å². The molecule has 1 unspecified atom stereocenters. The number of amides is 1. The third kappa shape index (κ3) is 5.47. The predicted molar refractivity (Wildman–Crippen MR) is 91.7 cm³/mol. The first-order valence-electron chi connectivity index (χ1n) is 6.86. The molecule has 8 nitrogen and oxygen atoms in total. The Morgan fingerprint density at radius 3 is 2.04 bits per heavy atom. The van der Waals surface area contributed by atoms with Gasteiger partial charge in [-0.05, 0) is 14.0 Å². The lowest BCUT2D eigenvalue weighted by Gasteiger charge is -2.20. The number of aliphatic carboxylic acids is 1. The average Bonchev–Trinajstić information content (AvgIpc) is 2.52. The highest BCUT2D eigenvalue weighted by atomic mass is 35.5. The predicted octanol–water partition coefficient (Wildman–Crippen LogP) is 1.48. The summed E-state index contributed by atoms with van der Waals surface area (Å²) in [7, 11) is 6.00. The number of halogens is 1. The van der Waals surface area contributed by atoms with Crippen molar-refractivity contribution in [3.8, 4) is 17.2 Å². The Hall–Kier alpha value is -2.19. The Bertz CT molecular complexity index is 556. The molecule has 24 heavy (non-hydrogen) atoms. The van der Waals surface area contributed by atoms with Crippen LogP contribution in [-0.4, -0.2) is 62.8 Å². The molecule has 0 heterocycles. The van der Waals surface area contributed by atoms with Gasteiger partial charge in [-0.3, -0.25) is 14.5 Å². The van der Waals surface area contributed by atoms with Crippen molar-refractivity contribution in [3.63, 3.8) is 0 Å². The van der Waals surface area contributed by atoms with Gasteiger partial charge in [0, 0.05) is 17.8 Å². The van der Waals surface area contributed by atoms with E-state index >= 15 is 0 Å². The van der Waals surface area contributed by atoms with E-state index in [1.54, 1.807) is 19.2 Å². The van der Waals surface area contributed by atoms with Gasteiger partial charge in [-0.1, -0.05) is 0 Å². The van der Waals surface area contributed by atoms with Crippen LogP contribution in [0, 0.1) is 0 Å². The quantitative estimate of drug-likeness (QED) is 0.722. The number of carbonyl (C=O) groups excluding carboxylic acids is 1. The minimum Gasteiger partial charge on any atom is -0.493 e. The molecule has 9 heteroatoms. The van der Waals surface area contributed by atoms with Crippen LogP contribution in [0.5, 0.6) is 17.2 Å². The Labute approximate surface area is 147 Å². The van der Waals surface area contributed by atoms with Crippen molar-refractivity contribution >= 4 is 30.0 Å². The fourth-order valence-corrected chi connectivity index (χ4v) is 1.91. The van der Waals surface area contributed by atoms with Crippen molar-refractivity contribution in [2.75, 3.05) is 40.2 Å².